The van der Waals surface area contributed by atoms with E-state index in [4.69, 9.17) is 0 Å². The molecule has 0 bridgehead atoms. The Hall–Kier alpha value is -4.15. The molecule has 0 fully saturated rings. The van der Waals surface area contributed by atoms with Crippen molar-refractivity contribution < 1.29 is 22.7 Å². The molecule has 0 aliphatic heterocycles. The van der Waals surface area contributed by atoms with Crippen LogP contribution >= 0.6 is 0 Å². The van der Waals surface area contributed by atoms with E-state index in [0.717, 1.165) is 38.6 Å². The summed E-state index contributed by atoms with van der Waals surface area (Å²) in [5, 5.41) is 6.67. The second-order valence-corrected chi connectivity index (χ2v) is 7.17. The van der Waals surface area contributed by atoms with E-state index in [2.05, 4.69) is 15.2 Å². The fourth-order valence-corrected chi connectivity index (χ4v) is 3.01. The van der Waals surface area contributed by atoms with Crippen molar-refractivity contribution in [3.8, 4) is 11.4 Å². The molecule has 0 unspecified atom stereocenters. The molecule has 0 aliphatic carbocycles. The number of carbonyl (C=O) groups is 1. The SMILES string of the molecule is Cc1cc(C)cc(-n2nc(C(=O)C=CNc3ccc(OC(F)(F)F)cc3)c(=O)n(C)c2=O)c1. The summed E-state index contributed by atoms with van der Waals surface area (Å²) in [6.45, 7) is 3.68. The van der Waals surface area contributed by atoms with Gasteiger partial charge in [0.25, 0.3) is 5.56 Å². The molecule has 8 nitrogen and oxygen atoms in total. The zero-order valence-electron chi connectivity index (χ0n) is 17.8. The quantitative estimate of drug-likeness (QED) is 0.448. The largest absolute Gasteiger partial charge is 0.573 e. The second kappa shape index (κ2) is 9.15. The summed E-state index contributed by atoms with van der Waals surface area (Å²) in [4.78, 5) is 37.6. The molecular weight excluding hydrogens is 441 g/mol. The van der Waals surface area contributed by atoms with Gasteiger partial charge in [0.2, 0.25) is 5.78 Å². The molecule has 2 aromatic carbocycles. The zero-order valence-corrected chi connectivity index (χ0v) is 17.8. The average Bonchev–Trinajstić information content (AvgIpc) is 2.71. The van der Waals surface area contributed by atoms with Crippen molar-refractivity contribution in [2.45, 2.75) is 20.2 Å². The number of halogens is 3. The molecule has 0 saturated heterocycles. The third-order valence-corrected chi connectivity index (χ3v) is 4.43. The molecule has 3 rings (SSSR count). The number of carbonyl (C=O) groups excluding carboxylic acids is 1. The Bertz CT molecular complexity index is 1320. The first-order valence-corrected chi connectivity index (χ1v) is 9.57. The maximum atomic E-state index is 12.6. The smallest absolute Gasteiger partial charge is 0.406 e. The Kier molecular flexibility index (Phi) is 6.52. The molecule has 0 aliphatic rings. The van der Waals surface area contributed by atoms with Crippen molar-refractivity contribution in [1.82, 2.24) is 14.3 Å². The Morgan fingerprint density at radius 3 is 2.24 bits per heavy atom. The van der Waals surface area contributed by atoms with Gasteiger partial charge < -0.3 is 10.1 Å². The number of rotatable bonds is 6. The molecular formula is C22H19F3N4O4. The number of nitrogens with one attached hydrogen (secondary N) is 1. The molecule has 0 radical (unpaired) electrons. The van der Waals surface area contributed by atoms with Gasteiger partial charge in [0.1, 0.15) is 5.75 Å². The monoisotopic (exact) mass is 460 g/mol. The van der Waals surface area contributed by atoms with E-state index in [0.29, 0.717) is 11.4 Å². The molecule has 0 spiro atoms. The summed E-state index contributed by atoms with van der Waals surface area (Å²) in [7, 11) is 1.24. The van der Waals surface area contributed by atoms with E-state index in [-0.39, 0.29) is 0 Å². The van der Waals surface area contributed by atoms with Gasteiger partial charge in [-0.2, -0.15) is 9.78 Å². The predicted octanol–water partition coefficient (Wildman–Crippen LogP) is 3.26. The van der Waals surface area contributed by atoms with Crippen LogP contribution in [0.1, 0.15) is 21.6 Å². The molecule has 33 heavy (non-hydrogen) atoms. The topological polar surface area (TPSA) is 95.2 Å². The fourth-order valence-electron chi connectivity index (χ4n) is 3.01. The van der Waals surface area contributed by atoms with Gasteiger partial charge in [0.05, 0.1) is 5.69 Å². The number of ketones is 1. The minimum atomic E-state index is -4.80. The summed E-state index contributed by atoms with van der Waals surface area (Å²) in [6, 6.07) is 10.1. The van der Waals surface area contributed by atoms with Crippen molar-refractivity contribution in [2.75, 3.05) is 5.32 Å². The Morgan fingerprint density at radius 2 is 1.67 bits per heavy atom. The lowest BCUT2D eigenvalue weighted by atomic mass is 10.1. The average molecular weight is 460 g/mol. The summed E-state index contributed by atoms with van der Waals surface area (Å²) >= 11 is 0. The second-order valence-electron chi connectivity index (χ2n) is 7.17. The highest BCUT2D eigenvalue weighted by atomic mass is 19.4. The highest BCUT2D eigenvalue weighted by Crippen LogP contribution is 2.23. The number of aryl methyl sites for hydroxylation is 2. The van der Waals surface area contributed by atoms with Crippen LogP contribution in [0.15, 0.2) is 64.3 Å². The summed E-state index contributed by atoms with van der Waals surface area (Å²) in [5.74, 6) is -1.16. The first-order chi connectivity index (χ1) is 15.4. The van der Waals surface area contributed by atoms with Crippen LogP contribution in [-0.2, 0) is 7.05 Å². The standard InChI is InChI=1S/C22H19F3N4O4/c1-13-10-14(2)12-16(11-13)29-21(32)28(3)20(31)19(27-29)18(30)8-9-26-15-4-6-17(7-5-15)33-22(23,24)25/h4-12,26H,1-3H3. The van der Waals surface area contributed by atoms with Gasteiger partial charge >= 0.3 is 12.1 Å². The maximum absolute atomic E-state index is 12.6. The van der Waals surface area contributed by atoms with Gasteiger partial charge in [-0.3, -0.25) is 14.2 Å². The maximum Gasteiger partial charge on any atom is 0.573 e. The van der Waals surface area contributed by atoms with E-state index in [1.807, 2.05) is 19.9 Å². The summed E-state index contributed by atoms with van der Waals surface area (Å²) in [6.07, 6.45) is -2.57. The van der Waals surface area contributed by atoms with Crippen LogP contribution in [0, 0.1) is 13.8 Å². The fraction of sp³-hybridized carbons (Fsp3) is 0.182. The summed E-state index contributed by atoms with van der Waals surface area (Å²) < 4.78 is 42.2. The van der Waals surface area contributed by atoms with Crippen molar-refractivity contribution >= 4 is 11.5 Å². The molecule has 1 heterocycles. The number of nitrogens with zero attached hydrogens (tertiary/aromatic N) is 3. The number of benzene rings is 2. The molecule has 1 aromatic heterocycles. The molecule has 1 N–H and O–H groups in total. The van der Waals surface area contributed by atoms with Crippen LogP contribution in [-0.4, -0.2) is 26.5 Å². The highest BCUT2D eigenvalue weighted by Gasteiger charge is 2.30. The molecule has 0 amide bonds. The van der Waals surface area contributed by atoms with E-state index >= 15 is 0 Å². The van der Waals surface area contributed by atoms with Crippen LogP contribution in [0.3, 0.4) is 0 Å². The van der Waals surface area contributed by atoms with Crippen molar-refractivity contribution in [3.63, 3.8) is 0 Å². The van der Waals surface area contributed by atoms with Gasteiger partial charge in [-0.25, -0.2) is 4.79 Å². The molecule has 11 heteroatoms. The number of alkyl halides is 3. The highest BCUT2D eigenvalue weighted by molar-refractivity contribution is 6.02. The first-order valence-electron chi connectivity index (χ1n) is 9.57. The van der Waals surface area contributed by atoms with Crippen molar-refractivity contribution in [2.24, 2.45) is 7.05 Å². The van der Waals surface area contributed by atoms with Gasteiger partial charge in [-0.1, -0.05) is 6.07 Å². The number of anilines is 1. The lowest BCUT2D eigenvalue weighted by Crippen LogP contribution is -2.42. The van der Waals surface area contributed by atoms with E-state index in [9.17, 15) is 27.6 Å². The first kappa shape index (κ1) is 23.5. The Labute approximate surface area is 185 Å². The minimum absolute atomic E-state index is 0.370. The normalized spacial score (nSPS) is 11.6. The minimum Gasteiger partial charge on any atom is -0.406 e. The predicted molar refractivity (Wildman–Crippen MR) is 115 cm³/mol. The van der Waals surface area contributed by atoms with Crippen molar-refractivity contribution in [3.05, 3.63) is 92.4 Å². The van der Waals surface area contributed by atoms with Crippen LogP contribution in [0.2, 0.25) is 0 Å². The molecule has 172 valence electrons. The number of allylic oxidation sites excluding steroid dienone is 1. The zero-order chi connectivity index (χ0) is 24.3. The van der Waals surface area contributed by atoms with Gasteiger partial charge in [0.15, 0.2) is 5.69 Å². The van der Waals surface area contributed by atoms with Crippen molar-refractivity contribution in [1.29, 1.82) is 0 Å². The summed E-state index contributed by atoms with van der Waals surface area (Å²) in [5.41, 5.74) is 0.490. The van der Waals surface area contributed by atoms with Crippen LogP contribution in [0.4, 0.5) is 18.9 Å². The Morgan fingerprint density at radius 1 is 1.06 bits per heavy atom. The lowest BCUT2D eigenvalue weighted by molar-refractivity contribution is -0.274. The number of hydrogen-bond donors (Lipinski definition) is 1. The number of ether oxygens (including phenoxy) is 1. The van der Waals surface area contributed by atoms with Crippen LogP contribution in [0.25, 0.3) is 5.69 Å². The lowest BCUT2D eigenvalue weighted by Gasteiger charge is -2.10. The van der Waals surface area contributed by atoms with E-state index in [1.165, 1.54) is 25.4 Å². The molecule has 0 atom stereocenters. The molecule has 0 saturated carbocycles. The van der Waals surface area contributed by atoms with Gasteiger partial charge in [0, 0.05) is 25.0 Å². The van der Waals surface area contributed by atoms with Crippen LogP contribution < -0.4 is 21.3 Å². The van der Waals surface area contributed by atoms with Crippen LogP contribution in [0.5, 0.6) is 5.75 Å². The third-order valence-electron chi connectivity index (χ3n) is 4.43. The molecule has 3 aromatic rings. The van der Waals surface area contributed by atoms with E-state index < -0.39 is 34.8 Å². The number of hydrogen-bond acceptors (Lipinski definition) is 6. The van der Waals surface area contributed by atoms with E-state index in [1.54, 1.807) is 12.1 Å². The Balaban J connectivity index is 1.84. The van der Waals surface area contributed by atoms with Gasteiger partial charge in [-0.15, -0.1) is 13.2 Å². The number of aromatic nitrogens is 3. The van der Waals surface area contributed by atoms with Gasteiger partial charge in [-0.05, 0) is 61.4 Å². The third kappa shape index (κ3) is 5.76.